The van der Waals surface area contributed by atoms with Crippen LogP contribution in [0.4, 0.5) is 0 Å². The second-order valence-electron chi connectivity index (χ2n) is 3.87. The first kappa shape index (κ1) is 11.9. The summed E-state index contributed by atoms with van der Waals surface area (Å²) in [6, 6.07) is 0.350. The van der Waals surface area contributed by atoms with Gasteiger partial charge in [0.1, 0.15) is 0 Å². The van der Waals surface area contributed by atoms with Gasteiger partial charge in [-0.3, -0.25) is 0 Å². The van der Waals surface area contributed by atoms with Crippen LogP contribution in [0.2, 0.25) is 0 Å². The summed E-state index contributed by atoms with van der Waals surface area (Å²) in [5.74, 6) is 0.0626. The van der Waals surface area contributed by atoms with E-state index in [0.29, 0.717) is 19.1 Å². The van der Waals surface area contributed by atoms with E-state index in [9.17, 15) is 8.42 Å². The van der Waals surface area contributed by atoms with E-state index in [-0.39, 0.29) is 12.3 Å². The molecule has 1 fully saturated rings. The molecule has 1 aliphatic rings. The Morgan fingerprint density at radius 2 is 2.14 bits per heavy atom. The largest absolute Gasteiger partial charge is 0.329 e. The van der Waals surface area contributed by atoms with E-state index in [2.05, 4.69) is 4.90 Å². The topological polar surface area (TPSA) is 66.6 Å². The summed E-state index contributed by atoms with van der Waals surface area (Å²) in [4.78, 5) is 2.07. The second kappa shape index (κ2) is 4.57. The van der Waals surface area contributed by atoms with Crippen molar-refractivity contribution in [1.29, 1.82) is 0 Å². The summed E-state index contributed by atoms with van der Waals surface area (Å²) in [6.07, 6.45) is 0.913. The molecular weight excluding hydrogens is 202 g/mol. The van der Waals surface area contributed by atoms with Gasteiger partial charge in [-0.25, -0.2) is 12.7 Å². The Balaban J connectivity index is 2.58. The molecule has 6 heteroatoms. The van der Waals surface area contributed by atoms with Crippen molar-refractivity contribution in [2.24, 2.45) is 5.73 Å². The Morgan fingerprint density at radius 1 is 1.50 bits per heavy atom. The van der Waals surface area contributed by atoms with E-state index < -0.39 is 10.0 Å². The fourth-order valence-electron chi connectivity index (χ4n) is 1.66. The standard InChI is InChI=1S/C8H19N3O2S/c1-10(2)8-3-5-11(7-8)14(12,13)6-4-9/h8H,3-7,9H2,1-2H3. The van der Waals surface area contributed by atoms with Crippen molar-refractivity contribution in [1.82, 2.24) is 9.21 Å². The maximum Gasteiger partial charge on any atom is 0.215 e. The Kier molecular flexibility index (Phi) is 3.88. The maximum atomic E-state index is 11.6. The van der Waals surface area contributed by atoms with Crippen LogP contribution in [0.25, 0.3) is 0 Å². The minimum atomic E-state index is -3.09. The molecule has 0 spiro atoms. The molecule has 1 rings (SSSR count). The van der Waals surface area contributed by atoms with E-state index >= 15 is 0 Å². The molecule has 0 aliphatic carbocycles. The van der Waals surface area contributed by atoms with E-state index in [0.717, 1.165) is 6.42 Å². The number of sulfonamides is 1. The number of nitrogens with zero attached hydrogens (tertiary/aromatic N) is 2. The summed E-state index contributed by atoms with van der Waals surface area (Å²) in [7, 11) is 0.857. The lowest BCUT2D eigenvalue weighted by atomic mass is 10.2. The maximum absolute atomic E-state index is 11.6. The molecule has 14 heavy (non-hydrogen) atoms. The number of likely N-dealkylation sites (N-methyl/N-ethyl adjacent to an activating group) is 1. The molecule has 1 unspecified atom stereocenters. The van der Waals surface area contributed by atoms with Gasteiger partial charge in [0.2, 0.25) is 10.0 Å². The van der Waals surface area contributed by atoms with Crippen LogP contribution in [0.1, 0.15) is 6.42 Å². The Bertz CT molecular complexity index is 276. The average molecular weight is 221 g/mol. The van der Waals surface area contributed by atoms with Gasteiger partial charge in [0.25, 0.3) is 0 Å². The Morgan fingerprint density at radius 3 is 2.57 bits per heavy atom. The summed E-state index contributed by atoms with van der Waals surface area (Å²) < 4.78 is 24.8. The fraction of sp³-hybridized carbons (Fsp3) is 1.00. The van der Waals surface area contributed by atoms with Crippen LogP contribution in [0.15, 0.2) is 0 Å². The third-order valence-corrected chi connectivity index (χ3v) is 4.50. The highest BCUT2D eigenvalue weighted by molar-refractivity contribution is 7.89. The highest BCUT2D eigenvalue weighted by atomic mass is 32.2. The van der Waals surface area contributed by atoms with Crippen LogP contribution in [0.5, 0.6) is 0 Å². The molecule has 1 atom stereocenters. The first-order valence-corrected chi connectivity index (χ1v) is 6.42. The highest BCUT2D eigenvalue weighted by Gasteiger charge is 2.31. The molecule has 0 saturated carbocycles. The van der Waals surface area contributed by atoms with Crippen LogP contribution in [-0.2, 0) is 10.0 Å². The number of nitrogens with two attached hydrogens (primary N) is 1. The molecule has 0 aromatic carbocycles. The Labute approximate surface area is 85.9 Å². The van der Waals surface area contributed by atoms with Crippen LogP contribution in [0, 0.1) is 0 Å². The number of rotatable bonds is 4. The third-order valence-electron chi connectivity index (χ3n) is 2.63. The van der Waals surface area contributed by atoms with Gasteiger partial charge in [-0.15, -0.1) is 0 Å². The molecule has 1 heterocycles. The van der Waals surface area contributed by atoms with Crippen molar-refractivity contribution >= 4 is 10.0 Å². The summed E-state index contributed by atoms with van der Waals surface area (Å²) in [5.41, 5.74) is 5.26. The summed E-state index contributed by atoms with van der Waals surface area (Å²) in [5, 5.41) is 0. The second-order valence-corrected chi connectivity index (χ2v) is 5.96. The molecule has 2 N–H and O–H groups in total. The number of hydrogen-bond acceptors (Lipinski definition) is 4. The zero-order chi connectivity index (χ0) is 10.8. The molecule has 0 bridgehead atoms. The lowest BCUT2D eigenvalue weighted by molar-refractivity contribution is 0.302. The molecule has 84 valence electrons. The molecule has 0 aromatic heterocycles. The minimum absolute atomic E-state index is 0.0626. The molecule has 1 saturated heterocycles. The normalized spacial score (nSPS) is 24.7. The molecular formula is C8H19N3O2S. The zero-order valence-corrected chi connectivity index (χ0v) is 9.63. The molecule has 0 aromatic rings. The lowest BCUT2D eigenvalue weighted by Crippen LogP contribution is -2.36. The van der Waals surface area contributed by atoms with Crippen molar-refractivity contribution in [3.05, 3.63) is 0 Å². The summed E-state index contributed by atoms with van der Waals surface area (Å²) >= 11 is 0. The van der Waals surface area contributed by atoms with Crippen molar-refractivity contribution in [2.45, 2.75) is 12.5 Å². The molecule has 5 nitrogen and oxygen atoms in total. The predicted octanol–water partition coefficient (Wildman–Crippen LogP) is -1.09. The first-order chi connectivity index (χ1) is 6.47. The van der Waals surface area contributed by atoms with Crippen LogP contribution in [-0.4, -0.2) is 63.1 Å². The van der Waals surface area contributed by atoms with Crippen LogP contribution < -0.4 is 5.73 Å². The fourth-order valence-corrected chi connectivity index (χ4v) is 3.00. The van der Waals surface area contributed by atoms with E-state index in [1.807, 2.05) is 14.1 Å². The van der Waals surface area contributed by atoms with Gasteiger partial charge in [-0.1, -0.05) is 0 Å². The smallest absolute Gasteiger partial charge is 0.215 e. The quantitative estimate of drug-likeness (QED) is 0.655. The van der Waals surface area contributed by atoms with Gasteiger partial charge in [-0.05, 0) is 20.5 Å². The van der Waals surface area contributed by atoms with Gasteiger partial charge in [-0.2, -0.15) is 0 Å². The molecule has 0 radical (unpaired) electrons. The third kappa shape index (κ3) is 2.66. The number of hydrogen-bond donors (Lipinski definition) is 1. The molecule has 1 aliphatic heterocycles. The lowest BCUT2D eigenvalue weighted by Gasteiger charge is -2.20. The van der Waals surface area contributed by atoms with Gasteiger partial charge in [0.05, 0.1) is 5.75 Å². The van der Waals surface area contributed by atoms with E-state index in [1.54, 1.807) is 4.31 Å². The van der Waals surface area contributed by atoms with Crippen molar-refractivity contribution in [2.75, 3.05) is 39.5 Å². The predicted molar refractivity (Wildman–Crippen MR) is 56.5 cm³/mol. The van der Waals surface area contributed by atoms with Crippen LogP contribution in [0.3, 0.4) is 0 Å². The van der Waals surface area contributed by atoms with Gasteiger partial charge in [0.15, 0.2) is 0 Å². The van der Waals surface area contributed by atoms with E-state index in [4.69, 9.17) is 5.73 Å². The minimum Gasteiger partial charge on any atom is -0.329 e. The highest BCUT2D eigenvalue weighted by Crippen LogP contribution is 2.16. The average Bonchev–Trinajstić information content (AvgIpc) is 2.51. The van der Waals surface area contributed by atoms with Crippen molar-refractivity contribution in [3.8, 4) is 0 Å². The summed E-state index contributed by atoms with van der Waals surface area (Å²) in [6.45, 7) is 1.44. The van der Waals surface area contributed by atoms with Crippen molar-refractivity contribution < 1.29 is 8.42 Å². The molecule has 0 amide bonds. The first-order valence-electron chi connectivity index (χ1n) is 4.81. The zero-order valence-electron chi connectivity index (χ0n) is 8.81. The SMILES string of the molecule is CN(C)C1CCN(S(=O)(=O)CCN)C1. The monoisotopic (exact) mass is 221 g/mol. The van der Waals surface area contributed by atoms with E-state index in [1.165, 1.54) is 0 Å². The van der Waals surface area contributed by atoms with Gasteiger partial charge >= 0.3 is 0 Å². The Hall–Kier alpha value is -0.170. The van der Waals surface area contributed by atoms with Gasteiger partial charge in [0, 0.05) is 25.7 Å². The van der Waals surface area contributed by atoms with Crippen LogP contribution >= 0.6 is 0 Å². The van der Waals surface area contributed by atoms with Crippen molar-refractivity contribution in [3.63, 3.8) is 0 Å². The van der Waals surface area contributed by atoms with Gasteiger partial charge < -0.3 is 10.6 Å².